The average Bonchev–Trinajstić information content (AvgIpc) is 2.52. The van der Waals surface area contributed by atoms with Gasteiger partial charge in [-0.15, -0.1) is 0 Å². The molecule has 0 heterocycles. The summed E-state index contributed by atoms with van der Waals surface area (Å²) in [5, 5.41) is 1.41. The molecule has 0 atom stereocenters. The van der Waals surface area contributed by atoms with E-state index in [0.717, 1.165) is 8.20 Å². The summed E-state index contributed by atoms with van der Waals surface area (Å²) in [7, 11) is 1.14. The van der Waals surface area contributed by atoms with Crippen molar-refractivity contribution in [2.24, 2.45) is 0 Å². The van der Waals surface area contributed by atoms with E-state index in [0.29, 0.717) is 0 Å². The molecule has 1 heteroatoms. The standard InChI is InChI=1S/C26H35P/c1-24(2,3)20-17-21(25(4,5)6)23(22(18-20)26(7,8)9)27-16-15-19-13-11-10-12-14-19/h10-15,17-18H,1-9H3. The molecule has 27 heavy (non-hydrogen) atoms. The lowest BCUT2D eigenvalue weighted by atomic mass is 9.75. The Balaban J connectivity index is 2.75. The van der Waals surface area contributed by atoms with Gasteiger partial charge in [0.2, 0.25) is 0 Å². The van der Waals surface area contributed by atoms with Gasteiger partial charge in [-0.2, -0.15) is 0 Å². The first-order valence-electron chi connectivity index (χ1n) is 9.84. The summed E-state index contributed by atoms with van der Waals surface area (Å²) in [6.45, 7) is 20.8. The van der Waals surface area contributed by atoms with Crippen LogP contribution in [-0.2, 0) is 16.2 Å². The second kappa shape index (κ2) is 7.79. The maximum atomic E-state index is 3.55. The predicted octanol–water partition coefficient (Wildman–Crippen LogP) is 7.27. The number of hydrogen-bond donors (Lipinski definition) is 0. The van der Waals surface area contributed by atoms with E-state index < -0.39 is 0 Å². The maximum absolute atomic E-state index is 3.55. The van der Waals surface area contributed by atoms with Crippen LogP contribution < -0.4 is 5.30 Å². The smallest absolute Gasteiger partial charge is 0.0171 e. The summed E-state index contributed by atoms with van der Waals surface area (Å²) in [6.07, 6.45) is 2.11. The second-order valence-corrected chi connectivity index (χ2v) is 11.4. The fraction of sp³-hybridized carbons (Fsp3) is 0.462. The van der Waals surface area contributed by atoms with Crippen molar-refractivity contribution in [2.45, 2.75) is 78.6 Å². The van der Waals surface area contributed by atoms with Crippen LogP contribution in [0, 0.1) is 0 Å². The third-order valence-corrected chi connectivity index (χ3v) is 5.76. The summed E-state index contributed by atoms with van der Waals surface area (Å²) in [5.74, 6) is 0. The van der Waals surface area contributed by atoms with E-state index >= 15 is 0 Å². The molecule has 0 aliphatic rings. The van der Waals surface area contributed by atoms with Crippen LogP contribution in [0.4, 0.5) is 0 Å². The lowest BCUT2D eigenvalue weighted by Gasteiger charge is -2.32. The summed E-state index contributed by atoms with van der Waals surface area (Å²) in [6, 6.07) is 15.3. The molecule has 0 radical (unpaired) electrons. The minimum Gasteiger partial charge on any atom is -0.0879 e. The van der Waals surface area contributed by atoms with Gasteiger partial charge in [0.1, 0.15) is 0 Å². The topological polar surface area (TPSA) is 0 Å². The fourth-order valence-electron chi connectivity index (χ4n) is 3.05. The molecule has 0 saturated heterocycles. The van der Waals surface area contributed by atoms with Crippen LogP contribution in [0.15, 0.2) is 42.5 Å². The third-order valence-electron chi connectivity index (χ3n) is 4.80. The van der Waals surface area contributed by atoms with Crippen molar-refractivity contribution in [3.63, 3.8) is 0 Å². The predicted molar refractivity (Wildman–Crippen MR) is 125 cm³/mol. The van der Waals surface area contributed by atoms with Crippen molar-refractivity contribution in [1.29, 1.82) is 0 Å². The van der Waals surface area contributed by atoms with Gasteiger partial charge in [0, 0.05) is 5.30 Å². The first-order chi connectivity index (χ1) is 12.3. The highest BCUT2D eigenvalue weighted by Crippen LogP contribution is 2.35. The molecule has 0 saturated carbocycles. The van der Waals surface area contributed by atoms with Crippen LogP contribution in [-0.4, -0.2) is 5.45 Å². The molecule has 2 rings (SSSR count). The molecular weight excluding hydrogens is 343 g/mol. The van der Waals surface area contributed by atoms with E-state index in [1.807, 2.05) is 0 Å². The van der Waals surface area contributed by atoms with E-state index in [1.165, 1.54) is 27.6 Å². The Labute approximate surface area is 168 Å². The van der Waals surface area contributed by atoms with Gasteiger partial charge in [-0.25, -0.2) is 0 Å². The van der Waals surface area contributed by atoms with E-state index in [9.17, 15) is 0 Å². The van der Waals surface area contributed by atoms with Crippen molar-refractivity contribution in [1.82, 2.24) is 0 Å². The quantitative estimate of drug-likeness (QED) is 0.482. The molecule has 2 aromatic rings. The summed E-state index contributed by atoms with van der Waals surface area (Å²) < 4.78 is 0. The van der Waals surface area contributed by atoms with Crippen molar-refractivity contribution in [3.05, 3.63) is 64.7 Å². The molecule has 0 spiro atoms. The van der Waals surface area contributed by atoms with Crippen molar-refractivity contribution < 1.29 is 0 Å². The Kier molecular flexibility index (Phi) is 6.26. The van der Waals surface area contributed by atoms with Gasteiger partial charge in [-0.1, -0.05) is 110 Å². The zero-order chi connectivity index (χ0) is 20.5. The number of benzene rings is 2. The van der Waals surface area contributed by atoms with Crippen LogP contribution in [0.3, 0.4) is 0 Å². The lowest BCUT2D eigenvalue weighted by molar-refractivity contribution is 0.554. The van der Waals surface area contributed by atoms with Crippen molar-refractivity contribution in [2.75, 3.05) is 0 Å². The molecule has 0 aromatic heterocycles. The molecule has 0 amide bonds. The van der Waals surface area contributed by atoms with Crippen LogP contribution in [0.2, 0.25) is 0 Å². The zero-order valence-corrected chi connectivity index (χ0v) is 19.5. The summed E-state index contributed by atoms with van der Waals surface area (Å²) >= 11 is 0. The van der Waals surface area contributed by atoms with Gasteiger partial charge < -0.3 is 0 Å². The van der Waals surface area contributed by atoms with Gasteiger partial charge in [0.25, 0.3) is 0 Å². The lowest BCUT2D eigenvalue weighted by Crippen LogP contribution is -2.29. The fourth-order valence-corrected chi connectivity index (χ4v) is 4.44. The van der Waals surface area contributed by atoms with Crippen LogP contribution >= 0.6 is 8.20 Å². The van der Waals surface area contributed by atoms with E-state index in [-0.39, 0.29) is 16.2 Å². The largest absolute Gasteiger partial charge is 0.0879 e. The molecule has 0 aliphatic heterocycles. The average molecular weight is 379 g/mol. The summed E-state index contributed by atoms with van der Waals surface area (Å²) in [5.41, 5.74) is 9.38. The van der Waals surface area contributed by atoms with Crippen LogP contribution in [0.5, 0.6) is 0 Å². The van der Waals surface area contributed by atoms with Gasteiger partial charge in [-0.3, -0.25) is 0 Å². The highest BCUT2D eigenvalue weighted by molar-refractivity contribution is 7.47. The Hall–Kier alpha value is -1.61. The van der Waals surface area contributed by atoms with E-state index in [4.69, 9.17) is 0 Å². The van der Waals surface area contributed by atoms with Crippen molar-refractivity contribution in [3.8, 4) is 0 Å². The zero-order valence-electron chi connectivity index (χ0n) is 18.6. The highest BCUT2D eigenvalue weighted by Gasteiger charge is 2.28. The Morgan fingerprint density at radius 1 is 0.704 bits per heavy atom. The van der Waals surface area contributed by atoms with Gasteiger partial charge in [0.15, 0.2) is 0 Å². The number of hydrogen-bond acceptors (Lipinski definition) is 0. The molecule has 0 fully saturated rings. The highest BCUT2D eigenvalue weighted by atomic mass is 31.1. The Bertz CT molecular complexity index is 809. The molecule has 0 aliphatic carbocycles. The minimum absolute atomic E-state index is 0.0953. The molecule has 0 unspecified atom stereocenters. The van der Waals surface area contributed by atoms with Gasteiger partial charge >= 0.3 is 0 Å². The summed E-state index contributed by atoms with van der Waals surface area (Å²) in [4.78, 5) is 0. The monoisotopic (exact) mass is 378 g/mol. The maximum Gasteiger partial charge on any atom is 0.0171 e. The first-order valence-corrected chi connectivity index (χ1v) is 10.7. The van der Waals surface area contributed by atoms with E-state index in [1.54, 1.807) is 0 Å². The third kappa shape index (κ3) is 5.68. The van der Waals surface area contributed by atoms with Gasteiger partial charge in [0.05, 0.1) is 0 Å². The molecule has 0 N–H and O–H groups in total. The first kappa shape index (κ1) is 21.7. The van der Waals surface area contributed by atoms with Gasteiger partial charge in [-0.05, 0) is 52.8 Å². The molecular formula is C26H35P. The molecule has 2 aromatic carbocycles. The number of rotatable bonds is 2. The normalized spacial score (nSPS) is 12.8. The SMILES string of the molecule is CC(C)(C)c1cc(C(C)(C)C)c(P=C=Cc2ccccc2)c(C(C)(C)C)c1. The molecule has 144 valence electrons. The Morgan fingerprint density at radius 2 is 1.19 bits per heavy atom. The van der Waals surface area contributed by atoms with Crippen LogP contribution in [0.1, 0.15) is 84.6 Å². The van der Waals surface area contributed by atoms with E-state index in [2.05, 4.69) is 116 Å². The minimum atomic E-state index is 0.0953. The molecule has 0 nitrogen and oxygen atoms in total. The molecule has 0 bridgehead atoms. The van der Waals surface area contributed by atoms with Crippen LogP contribution in [0.25, 0.3) is 6.08 Å². The Morgan fingerprint density at radius 3 is 1.59 bits per heavy atom. The van der Waals surface area contributed by atoms with Crippen molar-refractivity contribution >= 4 is 25.0 Å². The second-order valence-electron chi connectivity index (χ2n) is 10.5.